The van der Waals surface area contributed by atoms with Gasteiger partial charge in [0.05, 0.1) is 5.60 Å². The maximum atomic E-state index is 11.2. The Labute approximate surface area is 138 Å². The van der Waals surface area contributed by atoms with Crippen molar-refractivity contribution in [3.8, 4) is 0 Å². The Balaban J connectivity index is 1.90. The fourth-order valence-corrected chi connectivity index (χ4v) is 3.48. The Kier molecular flexibility index (Phi) is 6.65. The van der Waals surface area contributed by atoms with E-state index in [4.69, 9.17) is 15.2 Å². The van der Waals surface area contributed by atoms with Crippen LogP contribution in [0.1, 0.15) is 32.1 Å². The Morgan fingerprint density at radius 1 is 1.48 bits per heavy atom. The van der Waals surface area contributed by atoms with Crippen molar-refractivity contribution < 1.29 is 14.3 Å². The maximum Gasteiger partial charge on any atom is 0.217 e. The normalized spacial score (nSPS) is 25.2. The zero-order valence-electron chi connectivity index (χ0n) is 14.3. The van der Waals surface area contributed by atoms with Gasteiger partial charge in [-0.2, -0.15) is 0 Å². The second-order valence-corrected chi connectivity index (χ2v) is 6.52. The quantitative estimate of drug-likeness (QED) is 0.562. The van der Waals surface area contributed by atoms with Gasteiger partial charge in [-0.1, -0.05) is 0 Å². The molecule has 132 valence electrons. The van der Waals surface area contributed by atoms with Crippen LogP contribution in [0.5, 0.6) is 0 Å². The van der Waals surface area contributed by atoms with Gasteiger partial charge < -0.3 is 25.4 Å². The Bertz CT molecular complexity index is 422. The molecule has 7 heteroatoms. The number of likely N-dealkylation sites (tertiary alicyclic amines) is 1. The van der Waals surface area contributed by atoms with Crippen molar-refractivity contribution in [3.63, 3.8) is 0 Å². The largest absolute Gasteiger partial charge is 0.381 e. The molecule has 23 heavy (non-hydrogen) atoms. The molecule has 1 unspecified atom stereocenters. The number of nitrogens with one attached hydrogen (secondary N) is 1. The zero-order valence-corrected chi connectivity index (χ0v) is 14.3. The number of carbonyl (C=O) groups is 1. The van der Waals surface area contributed by atoms with E-state index in [1.54, 1.807) is 14.2 Å². The first-order valence-corrected chi connectivity index (χ1v) is 8.45. The van der Waals surface area contributed by atoms with Crippen LogP contribution in [-0.2, 0) is 14.3 Å². The molecule has 2 rings (SSSR count). The van der Waals surface area contributed by atoms with Crippen LogP contribution in [0.2, 0.25) is 0 Å². The van der Waals surface area contributed by atoms with Gasteiger partial charge in [0, 0.05) is 66.3 Å². The van der Waals surface area contributed by atoms with Crippen LogP contribution in [0.15, 0.2) is 4.99 Å². The molecule has 0 aromatic heterocycles. The monoisotopic (exact) mass is 326 g/mol. The summed E-state index contributed by atoms with van der Waals surface area (Å²) in [4.78, 5) is 17.8. The molecule has 2 saturated heterocycles. The van der Waals surface area contributed by atoms with Crippen LogP contribution < -0.4 is 11.1 Å². The molecule has 0 spiro atoms. The molecule has 0 radical (unpaired) electrons. The number of aliphatic imine (C=N–C) groups is 1. The molecule has 2 heterocycles. The van der Waals surface area contributed by atoms with Crippen molar-refractivity contribution in [2.24, 2.45) is 16.6 Å². The molecule has 0 saturated carbocycles. The van der Waals surface area contributed by atoms with Gasteiger partial charge in [0.25, 0.3) is 0 Å². The average Bonchev–Trinajstić information content (AvgIpc) is 2.56. The molecular weight excluding hydrogens is 296 g/mol. The Morgan fingerprint density at radius 2 is 2.22 bits per heavy atom. The highest BCUT2D eigenvalue weighted by Gasteiger charge is 2.33. The number of hydrogen-bond acceptors (Lipinski definition) is 4. The minimum absolute atomic E-state index is 0.184. The van der Waals surface area contributed by atoms with Gasteiger partial charge in [-0.15, -0.1) is 0 Å². The van der Waals surface area contributed by atoms with Crippen molar-refractivity contribution in [1.29, 1.82) is 0 Å². The predicted octanol–water partition coefficient (Wildman–Crippen LogP) is 0.345. The summed E-state index contributed by atoms with van der Waals surface area (Å²) in [6.07, 6.45) is 4.33. The molecule has 3 N–H and O–H groups in total. The van der Waals surface area contributed by atoms with E-state index in [0.717, 1.165) is 64.5 Å². The van der Waals surface area contributed by atoms with E-state index in [1.165, 1.54) is 0 Å². The van der Waals surface area contributed by atoms with Crippen LogP contribution in [0.25, 0.3) is 0 Å². The highest BCUT2D eigenvalue weighted by Crippen LogP contribution is 2.24. The summed E-state index contributed by atoms with van der Waals surface area (Å²) in [5.74, 6) is 0.974. The highest BCUT2D eigenvalue weighted by molar-refractivity contribution is 5.80. The number of hydrogen-bond donors (Lipinski definition) is 2. The van der Waals surface area contributed by atoms with E-state index in [-0.39, 0.29) is 11.5 Å². The molecule has 7 nitrogen and oxygen atoms in total. The number of piperidine rings is 1. The molecule has 2 fully saturated rings. The lowest BCUT2D eigenvalue weighted by atomic mass is 9.93. The lowest BCUT2D eigenvalue weighted by molar-refractivity contribution is -0.119. The van der Waals surface area contributed by atoms with Crippen LogP contribution in [0.3, 0.4) is 0 Å². The molecule has 0 aromatic carbocycles. The molecular formula is C16H30N4O3. The third-order valence-corrected chi connectivity index (χ3v) is 4.93. The Hall–Kier alpha value is -1.34. The van der Waals surface area contributed by atoms with E-state index < -0.39 is 0 Å². The van der Waals surface area contributed by atoms with E-state index in [9.17, 15) is 4.79 Å². The number of methoxy groups -OCH3 is 1. The number of rotatable bonds is 5. The lowest BCUT2D eigenvalue weighted by Crippen LogP contribution is -2.53. The van der Waals surface area contributed by atoms with Gasteiger partial charge in [0.2, 0.25) is 5.91 Å². The van der Waals surface area contributed by atoms with Crippen molar-refractivity contribution >= 4 is 11.9 Å². The van der Waals surface area contributed by atoms with Gasteiger partial charge >= 0.3 is 0 Å². The summed E-state index contributed by atoms with van der Waals surface area (Å²) >= 11 is 0. The van der Waals surface area contributed by atoms with Gasteiger partial charge in [0.15, 0.2) is 5.96 Å². The summed E-state index contributed by atoms with van der Waals surface area (Å²) in [7, 11) is 3.56. The minimum atomic E-state index is -0.222. The van der Waals surface area contributed by atoms with Crippen LogP contribution >= 0.6 is 0 Å². The van der Waals surface area contributed by atoms with Crippen LogP contribution in [0, 0.1) is 5.92 Å². The first kappa shape index (κ1) is 18.0. The van der Waals surface area contributed by atoms with Crippen molar-refractivity contribution in [2.45, 2.75) is 37.7 Å². The van der Waals surface area contributed by atoms with E-state index in [1.807, 2.05) is 0 Å². The molecule has 0 aromatic rings. The van der Waals surface area contributed by atoms with Gasteiger partial charge in [0.1, 0.15) is 0 Å². The second-order valence-electron chi connectivity index (χ2n) is 6.52. The molecule has 2 aliphatic rings. The summed E-state index contributed by atoms with van der Waals surface area (Å²) in [6, 6.07) is 0. The molecule has 0 aliphatic carbocycles. The first-order chi connectivity index (χ1) is 11.1. The smallest absolute Gasteiger partial charge is 0.217 e. The molecule has 0 bridgehead atoms. The topological polar surface area (TPSA) is 89.2 Å². The summed E-state index contributed by atoms with van der Waals surface area (Å²) in [6.45, 7) is 3.97. The first-order valence-electron chi connectivity index (χ1n) is 8.45. The number of ether oxygens (including phenoxy) is 2. The number of amides is 1. The molecule has 1 atom stereocenters. The number of carbonyl (C=O) groups excluding carboxylic acids is 1. The lowest BCUT2D eigenvalue weighted by Gasteiger charge is -2.39. The van der Waals surface area contributed by atoms with Crippen molar-refractivity contribution in [1.82, 2.24) is 10.2 Å². The van der Waals surface area contributed by atoms with E-state index >= 15 is 0 Å². The Morgan fingerprint density at radius 3 is 2.83 bits per heavy atom. The number of nitrogens with zero attached hydrogens (tertiary/aromatic N) is 2. The van der Waals surface area contributed by atoms with Crippen LogP contribution in [-0.4, -0.2) is 69.4 Å². The average molecular weight is 326 g/mol. The third kappa shape index (κ3) is 5.07. The number of nitrogens with two attached hydrogens (primary N) is 1. The SMILES string of the molecule is CN=C(NCC1(OC)CCOCC1)N1CCCC(CC(N)=O)C1. The van der Waals surface area contributed by atoms with Gasteiger partial charge in [-0.05, 0) is 18.8 Å². The fraction of sp³-hybridized carbons (Fsp3) is 0.875. The van der Waals surface area contributed by atoms with Gasteiger partial charge in [-0.3, -0.25) is 9.79 Å². The summed E-state index contributed by atoms with van der Waals surface area (Å²) in [5.41, 5.74) is 5.15. The van der Waals surface area contributed by atoms with Crippen molar-refractivity contribution in [3.05, 3.63) is 0 Å². The van der Waals surface area contributed by atoms with Crippen molar-refractivity contribution in [2.75, 3.05) is 47.0 Å². The second kappa shape index (κ2) is 8.49. The highest BCUT2D eigenvalue weighted by atomic mass is 16.5. The fourth-order valence-electron chi connectivity index (χ4n) is 3.48. The van der Waals surface area contributed by atoms with E-state index in [2.05, 4.69) is 15.2 Å². The molecule has 1 amide bonds. The maximum absolute atomic E-state index is 11.2. The zero-order chi connectivity index (χ0) is 16.7. The molecule has 2 aliphatic heterocycles. The van der Waals surface area contributed by atoms with Gasteiger partial charge in [-0.25, -0.2) is 0 Å². The number of guanidine groups is 1. The standard InChI is InChI=1S/C16H30N4O3/c1-18-15(19-12-16(22-2)5-8-23-9-6-16)20-7-3-4-13(11-20)10-14(17)21/h13H,3-12H2,1-2H3,(H2,17,21)(H,18,19). The number of primary amides is 1. The summed E-state index contributed by atoms with van der Waals surface area (Å²) < 4.78 is 11.2. The third-order valence-electron chi connectivity index (χ3n) is 4.93. The minimum Gasteiger partial charge on any atom is -0.381 e. The van der Waals surface area contributed by atoms with Crippen LogP contribution in [0.4, 0.5) is 0 Å². The predicted molar refractivity (Wildman–Crippen MR) is 89.3 cm³/mol. The summed E-state index contributed by atoms with van der Waals surface area (Å²) in [5, 5.41) is 3.45. The van der Waals surface area contributed by atoms with E-state index in [0.29, 0.717) is 12.3 Å².